The summed E-state index contributed by atoms with van der Waals surface area (Å²) in [4.78, 5) is 22.2. The molecule has 1 aliphatic rings. The van der Waals surface area contributed by atoms with Gasteiger partial charge in [0.2, 0.25) is 0 Å². The predicted molar refractivity (Wildman–Crippen MR) is 95.8 cm³/mol. The number of carbonyl (C=O) groups is 1. The minimum atomic E-state index is -0.148. The monoisotopic (exact) mass is 377 g/mol. The van der Waals surface area contributed by atoms with Gasteiger partial charge in [0.15, 0.2) is 6.61 Å². The molecule has 2 heterocycles. The molecule has 0 spiro atoms. The van der Waals surface area contributed by atoms with E-state index >= 15 is 0 Å². The maximum absolute atomic E-state index is 12.4. The molecular formula is C18H20ClN3O4. The van der Waals surface area contributed by atoms with E-state index in [-0.39, 0.29) is 24.6 Å². The lowest BCUT2D eigenvalue weighted by atomic mass is 10.1. The molecule has 138 valence electrons. The molecule has 1 fully saturated rings. The molecule has 1 aliphatic heterocycles. The van der Waals surface area contributed by atoms with Gasteiger partial charge in [-0.15, -0.1) is 0 Å². The molecular weight excluding hydrogens is 358 g/mol. The second-order valence-corrected chi connectivity index (χ2v) is 6.31. The van der Waals surface area contributed by atoms with Crippen molar-refractivity contribution in [2.75, 3.05) is 26.8 Å². The first-order valence-electron chi connectivity index (χ1n) is 8.33. The van der Waals surface area contributed by atoms with Crippen LogP contribution in [0.4, 0.5) is 0 Å². The van der Waals surface area contributed by atoms with Gasteiger partial charge >= 0.3 is 6.01 Å². The maximum atomic E-state index is 12.4. The van der Waals surface area contributed by atoms with Crippen molar-refractivity contribution in [1.29, 1.82) is 0 Å². The number of methoxy groups -OCH3 is 1. The molecule has 0 bridgehead atoms. The van der Waals surface area contributed by atoms with Gasteiger partial charge in [0, 0.05) is 12.6 Å². The molecule has 0 aliphatic carbocycles. The minimum absolute atomic E-state index is 0.0304. The summed E-state index contributed by atoms with van der Waals surface area (Å²) in [6.45, 7) is 1.13. The number of hydrogen-bond acceptors (Lipinski definition) is 6. The van der Waals surface area contributed by atoms with Gasteiger partial charge in [0.05, 0.1) is 31.1 Å². The summed E-state index contributed by atoms with van der Waals surface area (Å²) in [6, 6.07) is 7.43. The van der Waals surface area contributed by atoms with E-state index in [4.69, 9.17) is 25.8 Å². The fraction of sp³-hybridized carbons (Fsp3) is 0.389. The van der Waals surface area contributed by atoms with Gasteiger partial charge in [-0.25, -0.2) is 9.97 Å². The van der Waals surface area contributed by atoms with Crippen LogP contribution in [0, 0.1) is 0 Å². The third-order valence-electron chi connectivity index (χ3n) is 4.00. The Bertz CT molecular complexity index is 741. The SMILES string of the molecule is COc1cccc(OCC(=O)N2CCCC(Oc3ncc(Cl)cn3)C2)c1. The summed E-state index contributed by atoms with van der Waals surface area (Å²) >= 11 is 5.77. The van der Waals surface area contributed by atoms with Crippen molar-refractivity contribution in [3.05, 3.63) is 41.7 Å². The minimum Gasteiger partial charge on any atom is -0.497 e. The van der Waals surface area contributed by atoms with Crippen molar-refractivity contribution in [1.82, 2.24) is 14.9 Å². The highest BCUT2D eigenvalue weighted by Gasteiger charge is 2.25. The number of ether oxygens (including phenoxy) is 3. The Kier molecular flexibility index (Phi) is 6.12. The summed E-state index contributed by atoms with van der Waals surface area (Å²) in [5.41, 5.74) is 0. The summed E-state index contributed by atoms with van der Waals surface area (Å²) < 4.78 is 16.5. The van der Waals surface area contributed by atoms with Crippen LogP contribution < -0.4 is 14.2 Å². The van der Waals surface area contributed by atoms with E-state index in [1.54, 1.807) is 24.1 Å². The third kappa shape index (κ3) is 4.98. The average Bonchev–Trinajstić information content (AvgIpc) is 2.68. The molecule has 0 radical (unpaired) electrons. The zero-order valence-corrected chi connectivity index (χ0v) is 15.2. The highest BCUT2D eigenvalue weighted by Crippen LogP contribution is 2.20. The van der Waals surface area contributed by atoms with E-state index < -0.39 is 0 Å². The Balaban J connectivity index is 1.51. The van der Waals surface area contributed by atoms with Gasteiger partial charge in [0.1, 0.15) is 17.6 Å². The van der Waals surface area contributed by atoms with Gasteiger partial charge in [0.25, 0.3) is 5.91 Å². The van der Waals surface area contributed by atoms with Crippen LogP contribution in [0.2, 0.25) is 5.02 Å². The van der Waals surface area contributed by atoms with Crippen LogP contribution in [0.15, 0.2) is 36.7 Å². The zero-order valence-electron chi connectivity index (χ0n) is 14.4. The Labute approximate surface area is 156 Å². The van der Waals surface area contributed by atoms with Crippen LogP contribution in [0.5, 0.6) is 17.5 Å². The molecule has 1 aromatic heterocycles. The molecule has 1 amide bonds. The van der Waals surface area contributed by atoms with Crippen LogP contribution in [-0.4, -0.2) is 53.7 Å². The number of halogens is 1. The van der Waals surface area contributed by atoms with Crippen molar-refractivity contribution in [2.24, 2.45) is 0 Å². The normalized spacial score (nSPS) is 16.8. The number of carbonyl (C=O) groups excluding carboxylic acids is 1. The Morgan fingerprint density at radius 2 is 2.08 bits per heavy atom. The number of rotatable bonds is 6. The van der Waals surface area contributed by atoms with Gasteiger partial charge in [-0.3, -0.25) is 4.79 Å². The topological polar surface area (TPSA) is 73.8 Å². The molecule has 0 saturated carbocycles. The summed E-state index contributed by atoms with van der Waals surface area (Å²) in [5.74, 6) is 1.19. The maximum Gasteiger partial charge on any atom is 0.316 e. The Hall–Kier alpha value is -2.54. The van der Waals surface area contributed by atoms with Crippen LogP contribution >= 0.6 is 11.6 Å². The van der Waals surface area contributed by atoms with Gasteiger partial charge in [-0.05, 0) is 25.0 Å². The molecule has 26 heavy (non-hydrogen) atoms. The van der Waals surface area contributed by atoms with Crippen LogP contribution in [0.3, 0.4) is 0 Å². The number of nitrogens with zero attached hydrogens (tertiary/aromatic N) is 3. The first-order chi connectivity index (χ1) is 12.6. The number of amides is 1. The lowest BCUT2D eigenvalue weighted by Gasteiger charge is -2.32. The molecule has 7 nitrogen and oxygen atoms in total. The van der Waals surface area contributed by atoms with Gasteiger partial charge in [-0.2, -0.15) is 0 Å². The highest BCUT2D eigenvalue weighted by molar-refractivity contribution is 6.30. The number of hydrogen-bond donors (Lipinski definition) is 0. The molecule has 1 saturated heterocycles. The van der Waals surface area contributed by atoms with Crippen LogP contribution in [0.1, 0.15) is 12.8 Å². The quantitative estimate of drug-likeness (QED) is 0.770. The standard InChI is InChI=1S/C18H20ClN3O4/c1-24-14-4-2-5-15(8-14)25-12-17(23)22-7-3-6-16(11-22)26-18-20-9-13(19)10-21-18/h2,4-5,8-10,16H,3,6-7,11-12H2,1H3. The fourth-order valence-corrected chi connectivity index (χ4v) is 2.80. The predicted octanol–water partition coefficient (Wildman–Crippen LogP) is 2.59. The van der Waals surface area contributed by atoms with E-state index in [1.807, 2.05) is 12.1 Å². The summed E-state index contributed by atoms with van der Waals surface area (Å²) in [7, 11) is 1.59. The molecule has 1 aromatic carbocycles. The third-order valence-corrected chi connectivity index (χ3v) is 4.20. The molecule has 2 aromatic rings. The number of benzene rings is 1. The zero-order chi connectivity index (χ0) is 18.4. The highest BCUT2D eigenvalue weighted by atomic mass is 35.5. The second kappa shape index (κ2) is 8.71. The molecule has 1 atom stereocenters. The van der Waals surface area contributed by atoms with E-state index in [2.05, 4.69) is 9.97 Å². The summed E-state index contributed by atoms with van der Waals surface area (Å²) in [6.07, 6.45) is 4.51. The van der Waals surface area contributed by atoms with E-state index in [0.717, 1.165) is 12.8 Å². The van der Waals surface area contributed by atoms with Gasteiger partial charge in [-0.1, -0.05) is 17.7 Å². The number of likely N-dealkylation sites (tertiary alicyclic amines) is 1. The van der Waals surface area contributed by atoms with E-state index in [0.29, 0.717) is 29.6 Å². The smallest absolute Gasteiger partial charge is 0.316 e. The Morgan fingerprint density at radius 3 is 2.85 bits per heavy atom. The van der Waals surface area contributed by atoms with Crippen molar-refractivity contribution in [3.8, 4) is 17.5 Å². The molecule has 1 unspecified atom stereocenters. The van der Waals surface area contributed by atoms with Crippen molar-refractivity contribution in [3.63, 3.8) is 0 Å². The molecule has 8 heteroatoms. The fourth-order valence-electron chi connectivity index (χ4n) is 2.70. The van der Waals surface area contributed by atoms with Crippen molar-refractivity contribution in [2.45, 2.75) is 18.9 Å². The average molecular weight is 378 g/mol. The van der Waals surface area contributed by atoms with E-state index in [9.17, 15) is 4.79 Å². The first kappa shape index (κ1) is 18.3. The van der Waals surface area contributed by atoms with Crippen LogP contribution in [0.25, 0.3) is 0 Å². The summed E-state index contributed by atoms with van der Waals surface area (Å²) in [5, 5.41) is 0.451. The lowest BCUT2D eigenvalue weighted by molar-refractivity contribution is -0.136. The van der Waals surface area contributed by atoms with Crippen molar-refractivity contribution >= 4 is 17.5 Å². The largest absolute Gasteiger partial charge is 0.497 e. The van der Waals surface area contributed by atoms with Crippen molar-refractivity contribution < 1.29 is 19.0 Å². The molecule has 3 rings (SSSR count). The second-order valence-electron chi connectivity index (χ2n) is 5.87. The first-order valence-corrected chi connectivity index (χ1v) is 8.70. The number of piperidine rings is 1. The Morgan fingerprint density at radius 1 is 1.31 bits per heavy atom. The van der Waals surface area contributed by atoms with Gasteiger partial charge < -0.3 is 19.1 Å². The lowest BCUT2D eigenvalue weighted by Crippen LogP contribution is -2.46. The number of aromatic nitrogens is 2. The van der Waals surface area contributed by atoms with Crippen LogP contribution in [-0.2, 0) is 4.79 Å². The molecule has 0 N–H and O–H groups in total. The van der Waals surface area contributed by atoms with E-state index in [1.165, 1.54) is 12.4 Å².